The third-order valence-electron chi connectivity index (χ3n) is 5.15. The number of aryl methyl sites for hydroxylation is 2. The Balaban J connectivity index is 1.40. The summed E-state index contributed by atoms with van der Waals surface area (Å²) < 4.78 is 0. The van der Waals surface area contributed by atoms with E-state index in [1.165, 1.54) is 11.3 Å². The number of nitrogens with one attached hydrogen (secondary N) is 2. The minimum absolute atomic E-state index is 0.0273. The van der Waals surface area contributed by atoms with E-state index >= 15 is 0 Å². The zero-order valence-electron chi connectivity index (χ0n) is 16.0. The average Bonchev–Trinajstić information content (AvgIpc) is 3.19. The lowest BCUT2D eigenvalue weighted by Crippen LogP contribution is -2.36. The molecule has 8 heteroatoms. The Bertz CT molecular complexity index is 1020. The molecule has 1 atom stereocenters. The van der Waals surface area contributed by atoms with Crippen LogP contribution in [0.25, 0.3) is 11.0 Å². The lowest BCUT2D eigenvalue weighted by molar-refractivity contribution is 0.0761. The number of aromatic amines is 1. The van der Waals surface area contributed by atoms with Crippen molar-refractivity contribution in [2.24, 2.45) is 0 Å². The second-order valence-electron chi connectivity index (χ2n) is 7.21. The van der Waals surface area contributed by atoms with E-state index < -0.39 is 0 Å². The summed E-state index contributed by atoms with van der Waals surface area (Å²) in [5, 5.41) is 3.11. The topological polar surface area (TPSA) is 91.0 Å². The van der Waals surface area contributed by atoms with E-state index in [1.807, 2.05) is 36.9 Å². The van der Waals surface area contributed by atoms with Gasteiger partial charge in [-0.15, -0.1) is 11.3 Å². The van der Waals surface area contributed by atoms with Gasteiger partial charge in [0.1, 0.15) is 10.7 Å². The Morgan fingerprint density at radius 2 is 2.11 bits per heavy atom. The lowest BCUT2D eigenvalue weighted by atomic mass is 10.1. The van der Waals surface area contributed by atoms with E-state index in [0.29, 0.717) is 23.5 Å². The van der Waals surface area contributed by atoms with Crippen LogP contribution >= 0.6 is 11.3 Å². The largest absolute Gasteiger partial charge is 0.348 e. The fourth-order valence-corrected chi connectivity index (χ4v) is 4.37. The molecule has 2 amide bonds. The smallest absolute Gasteiger partial charge is 0.263 e. The van der Waals surface area contributed by atoms with Gasteiger partial charge in [-0.1, -0.05) is 0 Å². The minimum Gasteiger partial charge on any atom is -0.348 e. The predicted molar refractivity (Wildman–Crippen MR) is 109 cm³/mol. The summed E-state index contributed by atoms with van der Waals surface area (Å²) in [5.41, 5.74) is 4.86. The van der Waals surface area contributed by atoms with Gasteiger partial charge < -0.3 is 15.2 Å². The fourth-order valence-electron chi connectivity index (χ4n) is 3.67. The molecule has 0 radical (unpaired) electrons. The summed E-state index contributed by atoms with van der Waals surface area (Å²) in [5.74, 6) is 0.799. The van der Waals surface area contributed by atoms with E-state index in [2.05, 4.69) is 20.3 Å². The molecule has 0 aliphatic carbocycles. The van der Waals surface area contributed by atoms with Crippen molar-refractivity contribution in [1.82, 2.24) is 25.2 Å². The van der Waals surface area contributed by atoms with E-state index in [-0.39, 0.29) is 17.9 Å². The average molecular weight is 398 g/mol. The maximum Gasteiger partial charge on any atom is 0.263 e. The highest BCUT2D eigenvalue weighted by Crippen LogP contribution is 2.19. The number of benzene rings is 1. The first-order chi connectivity index (χ1) is 13.5. The Kier molecular flexibility index (Phi) is 5.13. The number of carbonyl (C=O) groups is 2. The van der Waals surface area contributed by atoms with Gasteiger partial charge in [0.25, 0.3) is 11.8 Å². The second-order valence-corrected chi connectivity index (χ2v) is 8.07. The zero-order chi connectivity index (χ0) is 19.7. The van der Waals surface area contributed by atoms with Gasteiger partial charge in [-0.3, -0.25) is 9.59 Å². The number of H-pyrrole nitrogens is 1. The predicted octanol–water partition coefficient (Wildman–Crippen LogP) is 3.06. The SMILES string of the molecule is Cc1nc2ccc(C(=O)N3CCC[C@@H](NC(=O)c4scnc4C)CC3)cc2[nH]1. The molecule has 4 rings (SSSR count). The second kappa shape index (κ2) is 7.71. The maximum absolute atomic E-state index is 13.0. The molecule has 7 nitrogen and oxygen atoms in total. The third-order valence-corrected chi connectivity index (χ3v) is 6.08. The van der Waals surface area contributed by atoms with Crippen molar-refractivity contribution in [1.29, 1.82) is 0 Å². The standard InChI is InChI=1S/C20H23N5O2S/c1-12-18(28-11-21-12)19(26)24-15-4-3-8-25(9-7-15)20(27)14-5-6-16-17(10-14)23-13(2)22-16/h5-6,10-11,15H,3-4,7-9H2,1-2H3,(H,22,23)(H,24,26)/t15-/m1/s1. The summed E-state index contributed by atoms with van der Waals surface area (Å²) in [7, 11) is 0. The molecular weight excluding hydrogens is 374 g/mol. The van der Waals surface area contributed by atoms with Crippen LogP contribution in [0.3, 0.4) is 0 Å². The molecule has 1 aliphatic heterocycles. The molecular formula is C20H23N5O2S. The zero-order valence-corrected chi connectivity index (χ0v) is 16.8. The van der Waals surface area contributed by atoms with E-state index in [1.54, 1.807) is 5.51 Å². The van der Waals surface area contributed by atoms with Crippen molar-refractivity contribution in [3.05, 3.63) is 45.7 Å². The number of amides is 2. The molecule has 3 heterocycles. The number of thiazole rings is 1. The summed E-state index contributed by atoms with van der Waals surface area (Å²) in [6.07, 6.45) is 2.48. The molecule has 28 heavy (non-hydrogen) atoms. The van der Waals surface area contributed by atoms with Crippen LogP contribution in [0.5, 0.6) is 0 Å². The molecule has 1 saturated heterocycles. The molecule has 2 aromatic heterocycles. The van der Waals surface area contributed by atoms with Crippen LogP contribution in [0.4, 0.5) is 0 Å². The van der Waals surface area contributed by atoms with Crippen molar-refractivity contribution in [2.45, 2.75) is 39.2 Å². The summed E-state index contributed by atoms with van der Waals surface area (Å²) in [6.45, 7) is 5.08. The maximum atomic E-state index is 13.0. The van der Waals surface area contributed by atoms with Gasteiger partial charge in [-0.2, -0.15) is 0 Å². The van der Waals surface area contributed by atoms with Gasteiger partial charge in [-0.25, -0.2) is 9.97 Å². The van der Waals surface area contributed by atoms with Gasteiger partial charge >= 0.3 is 0 Å². The lowest BCUT2D eigenvalue weighted by Gasteiger charge is -2.21. The van der Waals surface area contributed by atoms with Gasteiger partial charge in [0.2, 0.25) is 0 Å². The van der Waals surface area contributed by atoms with Crippen LogP contribution in [0.15, 0.2) is 23.7 Å². The van der Waals surface area contributed by atoms with Crippen LogP contribution in [-0.2, 0) is 0 Å². The number of hydrogen-bond donors (Lipinski definition) is 2. The Morgan fingerprint density at radius 3 is 2.89 bits per heavy atom. The van der Waals surface area contributed by atoms with Crippen molar-refractivity contribution in [2.75, 3.05) is 13.1 Å². The number of likely N-dealkylation sites (tertiary alicyclic amines) is 1. The number of aromatic nitrogens is 3. The minimum atomic E-state index is -0.0650. The van der Waals surface area contributed by atoms with Crippen molar-refractivity contribution in [3.8, 4) is 0 Å². The first-order valence-electron chi connectivity index (χ1n) is 9.48. The number of nitrogens with zero attached hydrogens (tertiary/aromatic N) is 3. The highest BCUT2D eigenvalue weighted by molar-refractivity contribution is 7.11. The van der Waals surface area contributed by atoms with Gasteiger partial charge in [0.15, 0.2) is 0 Å². The number of hydrogen-bond acceptors (Lipinski definition) is 5. The van der Waals surface area contributed by atoms with E-state index in [4.69, 9.17) is 0 Å². The number of fused-ring (bicyclic) bond motifs is 1. The fraction of sp³-hybridized carbons (Fsp3) is 0.400. The van der Waals surface area contributed by atoms with Crippen LogP contribution in [-0.4, -0.2) is 50.8 Å². The molecule has 1 aliphatic rings. The number of carbonyl (C=O) groups excluding carboxylic acids is 2. The molecule has 1 aromatic carbocycles. The third kappa shape index (κ3) is 3.77. The molecule has 0 unspecified atom stereocenters. The van der Waals surface area contributed by atoms with Crippen molar-refractivity contribution >= 4 is 34.2 Å². The van der Waals surface area contributed by atoms with Gasteiger partial charge in [0.05, 0.1) is 22.2 Å². The highest BCUT2D eigenvalue weighted by Gasteiger charge is 2.24. The Hall–Kier alpha value is -2.74. The molecule has 0 spiro atoms. The normalized spacial score (nSPS) is 17.5. The molecule has 0 bridgehead atoms. The van der Waals surface area contributed by atoms with Crippen molar-refractivity contribution < 1.29 is 9.59 Å². The van der Waals surface area contributed by atoms with Crippen LogP contribution < -0.4 is 5.32 Å². The molecule has 3 aromatic rings. The van der Waals surface area contributed by atoms with Crippen LogP contribution in [0, 0.1) is 13.8 Å². The molecule has 1 fully saturated rings. The van der Waals surface area contributed by atoms with Crippen LogP contribution in [0.1, 0.15) is 50.8 Å². The molecule has 146 valence electrons. The monoisotopic (exact) mass is 397 g/mol. The van der Waals surface area contributed by atoms with Crippen LogP contribution in [0.2, 0.25) is 0 Å². The van der Waals surface area contributed by atoms with Crippen molar-refractivity contribution in [3.63, 3.8) is 0 Å². The first kappa shape index (κ1) is 18.6. The summed E-state index contributed by atoms with van der Waals surface area (Å²) >= 11 is 1.36. The summed E-state index contributed by atoms with van der Waals surface area (Å²) in [4.78, 5) is 39.7. The van der Waals surface area contributed by atoms with Gasteiger partial charge in [0, 0.05) is 24.7 Å². The summed E-state index contributed by atoms with van der Waals surface area (Å²) in [6, 6.07) is 5.66. The highest BCUT2D eigenvalue weighted by atomic mass is 32.1. The first-order valence-corrected chi connectivity index (χ1v) is 10.4. The Labute approximate surface area is 167 Å². The van der Waals surface area contributed by atoms with E-state index in [9.17, 15) is 9.59 Å². The number of rotatable bonds is 3. The molecule has 2 N–H and O–H groups in total. The van der Waals surface area contributed by atoms with E-state index in [0.717, 1.165) is 41.8 Å². The molecule has 0 saturated carbocycles. The quantitative estimate of drug-likeness (QED) is 0.711. The van der Waals surface area contributed by atoms with Gasteiger partial charge in [-0.05, 0) is 51.3 Å². The Morgan fingerprint density at radius 1 is 1.25 bits per heavy atom. The number of imidazole rings is 1.